The lowest BCUT2D eigenvalue weighted by Gasteiger charge is -2.36. The molecule has 0 fully saturated rings. The van der Waals surface area contributed by atoms with E-state index in [4.69, 9.17) is 0 Å². The van der Waals surface area contributed by atoms with Gasteiger partial charge in [-0.2, -0.15) is 0 Å². The standard InChI is InChI=1S/C67H88N2/c1-15-17-19-21-23-25-39-67(40-26-24-22-20-18-16-2)61-45-57(68(55-31-27-47(3)28-32-55)63-49(5)41-53(42-50(63)6)65(9,10)11)35-37-59(61)60-38-36-58(46-62(60)67)69(56-33-29-48(4)30-34-56)64-51(7)43-54(44-52(64)8)66(12,13)14/h27-38,41-46H,15-26,39-40H2,1-14H3. The van der Waals surface area contributed by atoms with E-state index in [1.54, 1.807) is 0 Å². The predicted octanol–water partition coefficient (Wildman–Crippen LogP) is 20.8. The van der Waals surface area contributed by atoms with Crippen LogP contribution >= 0.6 is 0 Å². The van der Waals surface area contributed by atoms with Crippen LogP contribution in [-0.2, 0) is 16.2 Å². The maximum Gasteiger partial charge on any atom is 0.0520 e. The predicted molar refractivity (Wildman–Crippen MR) is 304 cm³/mol. The summed E-state index contributed by atoms with van der Waals surface area (Å²) in [6, 6.07) is 43.4. The van der Waals surface area contributed by atoms with Crippen molar-refractivity contribution < 1.29 is 0 Å². The van der Waals surface area contributed by atoms with Gasteiger partial charge in [0.15, 0.2) is 0 Å². The lowest BCUT2D eigenvalue weighted by atomic mass is 9.70. The Morgan fingerprint density at radius 2 is 0.667 bits per heavy atom. The fraction of sp³-hybridized carbons (Fsp3) is 0.463. The molecule has 0 aliphatic heterocycles. The fourth-order valence-electron chi connectivity index (χ4n) is 11.5. The minimum atomic E-state index is -0.121. The smallest absolute Gasteiger partial charge is 0.0520 e. The van der Waals surface area contributed by atoms with Gasteiger partial charge in [-0.3, -0.25) is 0 Å². The zero-order valence-electron chi connectivity index (χ0n) is 45.7. The van der Waals surface area contributed by atoms with E-state index in [9.17, 15) is 0 Å². The van der Waals surface area contributed by atoms with Gasteiger partial charge in [-0.15, -0.1) is 0 Å². The van der Waals surface area contributed by atoms with E-state index >= 15 is 0 Å². The molecule has 0 saturated carbocycles. The van der Waals surface area contributed by atoms with Gasteiger partial charge in [-0.05, 0) is 169 Å². The summed E-state index contributed by atoms with van der Waals surface area (Å²) in [5, 5.41) is 0. The minimum absolute atomic E-state index is 0.0654. The number of nitrogens with zero attached hydrogens (tertiary/aromatic N) is 2. The molecule has 2 heteroatoms. The van der Waals surface area contributed by atoms with Crippen molar-refractivity contribution in [2.75, 3.05) is 9.80 Å². The number of hydrogen-bond donors (Lipinski definition) is 0. The van der Waals surface area contributed by atoms with Crippen LogP contribution in [0.3, 0.4) is 0 Å². The van der Waals surface area contributed by atoms with Crippen molar-refractivity contribution in [3.05, 3.63) is 165 Å². The topological polar surface area (TPSA) is 6.48 Å². The molecule has 0 unspecified atom stereocenters. The molecule has 0 heterocycles. The third-order valence-corrected chi connectivity index (χ3v) is 15.5. The van der Waals surface area contributed by atoms with Crippen LogP contribution in [0.2, 0.25) is 0 Å². The monoisotopic (exact) mass is 921 g/mol. The SMILES string of the molecule is CCCCCCCCC1(CCCCCCCC)c2cc(N(c3ccc(C)cc3)c3c(C)cc(C(C)(C)C)cc3C)ccc2-c2ccc(N(c3ccc(C)cc3)c3c(C)cc(C(C)(C)C)cc3C)cc21. The molecule has 0 atom stereocenters. The minimum Gasteiger partial charge on any atom is -0.310 e. The number of anilines is 6. The van der Waals surface area contributed by atoms with Gasteiger partial charge in [0.05, 0.1) is 11.4 Å². The van der Waals surface area contributed by atoms with Gasteiger partial charge in [0.25, 0.3) is 0 Å². The Bertz CT molecular complexity index is 2430. The molecule has 69 heavy (non-hydrogen) atoms. The average molecular weight is 921 g/mol. The van der Waals surface area contributed by atoms with Crippen molar-refractivity contribution in [3.8, 4) is 11.1 Å². The second-order valence-corrected chi connectivity index (χ2v) is 23.3. The Labute approximate surface area is 421 Å². The van der Waals surface area contributed by atoms with E-state index in [1.807, 2.05) is 0 Å². The third kappa shape index (κ3) is 11.4. The van der Waals surface area contributed by atoms with Gasteiger partial charge in [0.2, 0.25) is 0 Å². The van der Waals surface area contributed by atoms with Crippen LogP contribution in [0, 0.1) is 41.5 Å². The maximum absolute atomic E-state index is 2.65. The lowest BCUT2D eigenvalue weighted by Crippen LogP contribution is -2.26. The van der Waals surface area contributed by atoms with Crippen molar-refractivity contribution in [2.45, 2.75) is 203 Å². The second-order valence-electron chi connectivity index (χ2n) is 23.3. The summed E-state index contributed by atoms with van der Waals surface area (Å²) in [6.07, 6.45) is 17.9. The second kappa shape index (κ2) is 21.9. The van der Waals surface area contributed by atoms with E-state index in [-0.39, 0.29) is 16.2 Å². The normalized spacial score (nSPS) is 13.1. The average Bonchev–Trinajstić information content (AvgIpc) is 3.56. The van der Waals surface area contributed by atoms with Crippen LogP contribution in [0.15, 0.2) is 109 Å². The quantitative estimate of drug-likeness (QED) is 0.0704. The van der Waals surface area contributed by atoms with Crippen LogP contribution in [0.25, 0.3) is 11.1 Å². The molecule has 7 rings (SSSR count). The van der Waals surface area contributed by atoms with Crippen molar-refractivity contribution >= 4 is 34.1 Å². The summed E-state index contributed by atoms with van der Waals surface area (Å²) < 4.78 is 0. The first kappa shape index (κ1) is 51.8. The first-order chi connectivity index (χ1) is 32.9. The summed E-state index contributed by atoms with van der Waals surface area (Å²) in [5.41, 5.74) is 24.0. The molecular weight excluding hydrogens is 833 g/mol. The molecule has 0 bridgehead atoms. The fourth-order valence-corrected chi connectivity index (χ4v) is 11.5. The first-order valence-corrected chi connectivity index (χ1v) is 27.1. The Morgan fingerprint density at radius 3 is 0.986 bits per heavy atom. The van der Waals surface area contributed by atoms with E-state index in [1.165, 1.54) is 178 Å². The Hall–Kier alpha value is -5.08. The Morgan fingerprint density at radius 1 is 0.362 bits per heavy atom. The van der Waals surface area contributed by atoms with Crippen molar-refractivity contribution in [2.24, 2.45) is 0 Å². The van der Waals surface area contributed by atoms with Gasteiger partial charge in [0, 0.05) is 28.2 Å². The zero-order valence-corrected chi connectivity index (χ0v) is 45.7. The van der Waals surface area contributed by atoms with Gasteiger partial charge in [0.1, 0.15) is 0 Å². The van der Waals surface area contributed by atoms with Crippen LogP contribution in [0.5, 0.6) is 0 Å². The molecule has 366 valence electrons. The van der Waals surface area contributed by atoms with Crippen molar-refractivity contribution in [1.29, 1.82) is 0 Å². The highest BCUT2D eigenvalue weighted by Crippen LogP contribution is 2.57. The summed E-state index contributed by atoms with van der Waals surface area (Å²) in [4.78, 5) is 5.16. The molecular formula is C67H88N2. The van der Waals surface area contributed by atoms with E-state index < -0.39 is 0 Å². The highest BCUT2D eigenvalue weighted by atomic mass is 15.2. The molecule has 0 N–H and O–H groups in total. The largest absolute Gasteiger partial charge is 0.310 e. The molecule has 1 aliphatic rings. The van der Waals surface area contributed by atoms with E-state index in [0.717, 1.165) is 12.8 Å². The van der Waals surface area contributed by atoms with Crippen LogP contribution < -0.4 is 9.80 Å². The molecule has 6 aromatic carbocycles. The summed E-state index contributed by atoms with van der Waals surface area (Å²) in [5.74, 6) is 0. The van der Waals surface area contributed by atoms with E-state index in [0.29, 0.717) is 0 Å². The van der Waals surface area contributed by atoms with Crippen molar-refractivity contribution in [3.63, 3.8) is 0 Å². The molecule has 6 aromatic rings. The van der Waals surface area contributed by atoms with Crippen LogP contribution in [-0.4, -0.2) is 0 Å². The first-order valence-electron chi connectivity index (χ1n) is 27.1. The highest BCUT2D eigenvalue weighted by molar-refractivity contribution is 5.90. The zero-order chi connectivity index (χ0) is 49.7. The number of benzene rings is 6. The highest BCUT2D eigenvalue weighted by Gasteiger charge is 2.43. The van der Waals surface area contributed by atoms with Crippen LogP contribution in [0.4, 0.5) is 34.1 Å². The number of aryl methyl sites for hydroxylation is 6. The van der Waals surface area contributed by atoms with Crippen LogP contribution in [0.1, 0.15) is 201 Å². The molecule has 0 aromatic heterocycles. The summed E-state index contributed by atoms with van der Waals surface area (Å²) >= 11 is 0. The molecule has 0 saturated heterocycles. The summed E-state index contributed by atoms with van der Waals surface area (Å²) in [6.45, 7) is 32.4. The van der Waals surface area contributed by atoms with Gasteiger partial charge >= 0.3 is 0 Å². The maximum atomic E-state index is 2.65. The lowest BCUT2D eigenvalue weighted by molar-refractivity contribution is 0.398. The number of hydrogen-bond acceptors (Lipinski definition) is 2. The van der Waals surface area contributed by atoms with E-state index in [2.05, 4.69) is 216 Å². The summed E-state index contributed by atoms with van der Waals surface area (Å²) in [7, 11) is 0. The third-order valence-electron chi connectivity index (χ3n) is 15.5. The van der Waals surface area contributed by atoms with Gasteiger partial charge in [-0.1, -0.05) is 204 Å². The number of rotatable bonds is 20. The molecule has 2 nitrogen and oxygen atoms in total. The molecule has 0 amide bonds. The molecule has 0 radical (unpaired) electrons. The number of unbranched alkanes of at least 4 members (excludes halogenated alkanes) is 10. The van der Waals surface area contributed by atoms with Gasteiger partial charge < -0.3 is 9.80 Å². The Balaban J connectivity index is 1.46. The Kier molecular flexibility index (Phi) is 16.4. The molecule has 0 spiro atoms. The van der Waals surface area contributed by atoms with Crippen molar-refractivity contribution in [1.82, 2.24) is 0 Å². The van der Waals surface area contributed by atoms with Gasteiger partial charge in [-0.25, -0.2) is 0 Å². The molecule has 1 aliphatic carbocycles. The number of fused-ring (bicyclic) bond motifs is 3.